The summed E-state index contributed by atoms with van der Waals surface area (Å²) >= 11 is 0. The summed E-state index contributed by atoms with van der Waals surface area (Å²) in [6.45, 7) is 0.865. The first kappa shape index (κ1) is 21.2. The van der Waals surface area contributed by atoms with Gasteiger partial charge in [0.15, 0.2) is 0 Å². The fourth-order valence-corrected chi connectivity index (χ4v) is 4.50. The van der Waals surface area contributed by atoms with Crippen molar-refractivity contribution in [2.45, 2.75) is 31.6 Å². The van der Waals surface area contributed by atoms with E-state index in [0.29, 0.717) is 29.7 Å². The van der Waals surface area contributed by atoms with Crippen molar-refractivity contribution in [1.29, 1.82) is 0 Å². The molecule has 1 aliphatic rings. The molecule has 1 saturated carbocycles. The third-order valence-electron chi connectivity index (χ3n) is 6.19. The minimum Gasteiger partial charge on any atom is -0.491 e. The number of nitrogens with one attached hydrogen (secondary N) is 2. The first-order chi connectivity index (χ1) is 15.3. The largest absolute Gasteiger partial charge is 0.491 e. The van der Waals surface area contributed by atoms with Crippen LogP contribution in [-0.2, 0) is 0 Å². The molecule has 0 radical (unpaired) electrons. The topological polar surface area (TPSA) is 74.4 Å². The molecule has 0 spiro atoms. The van der Waals surface area contributed by atoms with Crippen LogP contribution < -0.4 is 10.1 Å². The van der Waals surface area contributed by atoms with Gasteiger partial charge in [-0.05, 0) is 49.1 Å². The summed E-state index contributed by atoms with van der Waals surface area (Å²) in [5.41, 5.74) is 3.69. The minimum absolute atomic E-state index is 0.0542. The van der Waals surface area contributed by atoms with E-state index >= 15 is 0 Å². The van der Waals surface area contributed by atoms with E-state index in [1.165, 1.54) is 18.4 Å². The van der Waals surface area contributed by atoms with Gasteiger partial charge in [0.1, 0.15) is 12.4 Å². The number of aromatic nitrogens is 1. The van der Waals surface area contributed by atoms with Gasteiger partial charge in [0.05, 0.1) is 12.2 Å². The quantitative estimate of drug-likeness (QED) is 0.494. The van der Waals surface area contributed by atoms with Crippen LogP contribution in [0.2, 0.25) is 0 Å². The Bertz CT molecular complexity index is 975. The Labute approximate surface area is 183 Å². The van der Waals surface area contributed by atoms with Crippen molar-refractivity contribution >= 4 is 5.91 Å². The normalized spacial score (nSPS) is 18.5. The third kappa shape index (κ3) is 5.17. The average molecular weight is 419 g/mol. The van der Waals surface area contributed by atoms with Crippen molar-refractivity contribution in [2.75, 3.05) is 19.8 Å². The fraction of sp³-hybridized carbons (Fsp3) is 0.346. The predicted octanol–water partition coefficient (Wildman–Crippen LogP) is 4.76. The zero-order valence-electron chi connectivity index (χ0n) is 17.7. The van der Waals surface area contributed by atoms with E-state index in [0.717, 1.165) is 24.0 Å². The molecule has 0 atom stereocenters. The van der Waals surface area contributed by atoms with Gasteiger partial charge in [0.25, 0.3) is 5.91 Å². The van der Waals surface area contributed by atoms with Crippen molar-refractivity contribution < 1.29 is 14.6 Å². The number of hydrogen-bond donors (Lipinski definition) is 3. The molecule has 5 nitrogen and oxygen atoms in total. The number of aromatic amines is 1. The molecule has 2 aromatic carbocycles. The van der Waals surface area contributed by atoms with Crippen molar-refractivity contribution in [3.8, 4) is 16.9 Å². The molecule has 1 heterocycles. The maximum absolute atomic E-state index is 12.9. The number of carbonyl (C=O) groups is 1. The van der Waals surface area contributed by atoms with Crippen LogP contribution in [0, 0.1) is 5.92 Å². The Hall–Kier alpha value is -3.05. The van der Waals surface area contributed by atoms with Crippen LogP contribution in [0.25, 0.3) is 11.1 Å². The molecular weight excluding hydrogens is 388 g/mol. The average Bonchev–Trinajstić information content (AvgIpc) is 3.32. The molecule has 162 valence electrons. The van der Waals surface area contributed by atoms with E-state index < -0.39 is 0 Å². The van der Waals surface area contributed by atoms with E-state index in [1.807, 2.05) is 30.5 Å². The molecule has 1 amide bonds. The number of H-pyrrole nitrogens is 1. The maximum Gasteiger partial charge on any atom is 0.253 e. The first-order valence-corrected chi connectivity index (χ1v) is 11.1. The number of ether oxygens (including phenoxy) is 1. The summed E-state index contributed by atoms with van der Waals surface area (Å²) in [6, 6.07) is 18.3. The van der Waals surface area contributed by atoms with E-state index in [9.17, 15) is 4.79 Å². The number of benzene rings is 2. The first-order valence-electron chi connectivity index (χ1n) is 11.1. The fourth-order valence-electron chi connectivity index (χ4n) is 4.50. The van der Waals surface area contributed by atoms with Gasteiger partial charge in [-0.15, -0.1) is 0 Å². The zero-order chi connectivity index (χ0) is 21.5. The number of aliphatic hydroxyl groups excluding tert-OH is 1. The molecule has 0 unspecified atom stereocenters. The lowest BCUT2D eigenvalue weighted by molar-refractivity contribution is 0.0943. The molecule has 0 bridgehead atoms. The van der Waals surface area contributed by atoms with Gasteiger partial charge >= 0.3 is 0 Å². The van der Waals surface area contributed by atoms with Crippen LogP contribution in [0.3, 0.4) is 0 Å². The summed E-state index contributed by atoms with van der Waals surface area (Å²) in [5.74, 6) is 1.74. The van der Waals surface area contributed by atoms with Gasteiger partial charge < -0.3 is 20.1 Å². The second kappa shape index (κ2) is 10.3. The van der Waals surface area contributed by atoms with Crippen LogP contribution in [-0.4, -0.2) is 35.8 Å². The van der Waals surface area contributed by atoms with Crippen molar-refractivity contribution in [1.82, 2.24) is 10.3 Å². The predicted molar refractivity (Wildman–Crippen MR) is 122 cm³/mol. The highest BCUT2D eigenvalue weighted by Crippen LogP contribution is 2.36. The number of aliphatic hydroxyl groups is 1. The Morgan fingerprint density at radius 1 is 0.968 bits per heavy atom. The van der Waals surface area contributed by atoms with Gasteiger partial charge in [0.2, 0.25) is 0 Å². The van der Waals surface area contributed by atoms with E-state index in [1.54, 1.807) is 6.20 Å². The Morgan fingerprint density at radius 3 is 2.48 bits per heavy atom. The molecular formula is C26H30N2O3. The highest BCUT2D eigenvalue weighted by atomic mass is 16.5. The second-order valence-electron chi connectivity index (χ2n) is 8.19. The van der Waals surface area contributed by atoms with Crippen LogP contribution in [0.1, 0.15) is 47.5 Å². The standard InChI is InChI=1S/C26H30N2O3/c29-14-15-31-25-9-5-4-8-22(25)23-17-27-18-24(23)26(30)28-16-19-10-12-21(13-11-19)20-6-2-1-3-7-20/h1-9,17-19,21,27,29H,10-16H2,(H,28,30). The summed E-state index contributed by atoms with van der Waals surface area (Å²) < 4.78 is 5.65. The summed E-state index contributed by atoms with van der Waals surface area (Å²) in [7, 11) is 0. The van der Waals surface area contributed by atoms with E-state index in [-0.39, 0.29) is 19.1 Å². The van der Waals surface area contributed by atoms with Gasteiger partial charge in [-0.25, -0.2) is 0 Å². The number of carbonyl (C=O) groups excluding carboxylic acids is 1. The van der Waals surface area contributed by atoms with Crippen molar-refractivity contribution in [3.05, 3.63) is 78.1 Å². The lowest BCUT2D eigenvalue weighted by atomic mass is 9.78. The van der Waals surface area contributed by atoms with Gasteiger partial charge in [-0.1, -0.05) is 48.5 Å². The smallest absolute Gasteiger partial charge is 0.253 e. The van der Waals surface area contributed by atoms with Crippen molar-refractivity contribution in [2.24, 2.45) is 5.92 Å². The van der Waals surface area contributed by atoms with Gasteiger partial charge in [0, 0.05) is 30.1 Å². The lowest BCUT2D eigenvalue weighted by Gasteiger charge is -2.29. The minimum atomic E-state index is -0.0709. The molecule has 4 rings (SSSR count). The highest BCUT2D eigenvalue weighted by molar-refractivity contribution is 6.01. The molecule has 1 aliphatic carbocycles. The van der Waals surface area contributed by atoms with Crippen LogP contribution in [0.15, 0.2) is 67.0 Å². The molecule has 0 saturated heterocycles. The number of amides is 1. The third-order valence-corrected chi connectivity index (χ3v) is 6.19. The number of para-hydroxylation sites is 1. The van der Waals surface area contributed by atoms with Gasteiger partial charge in [-0.2, -0.15) is 0 Å². The lowest BCUT2D eigenvalue weighted by Crippen LogP contribution is -2.31. The molecule has 31 heavy (non-hydrogen) atoms. The Balaban J connectivity index is 1.35. The van der Waals surface area contributed by atoms with Gasteiger partial charge in [-0.3, -0.25) is 4.79 Å². The Kier molecular flexibility index (Phi) is 7.05. The Morgan fingerprint density at radius 2 is 1.71 bits per heavy atom. The second-order valence-corrected chi connectivity index (χ2v) is 8.19. The molecule has 1 fully saturated rings. The molecule has 3 aromatic rings. The maximum atomic E-state index is 12.9. The molecule has 0 aliphatic heterocycles. The van der Waals surface area contributed by atoms with Crippen LogP contribution in [0.5, 0.6) is 5.75 Å². The molecule has 1 aromatic heterocycles. The summed E-state index contributed by atoms with van der Waals surface area (Å²) in [6.07, 6.45) is 8.18. The zero-order valence-corrected chi connectivity index (χ0v) is 17.7. The number of rotatable bonds is 8. The SMILES string of the molecule is O=C(NCC1CCC(c2ccccc2)CC1)c1c[nH]cc1-c1ccccc1OCCO. The van der Waals surface area contributed by atoms with E-state index in [4.69, 9.17) is 9.84 Å². The highest BCUT2D eigenvalue weighted by Gasteiger charge is 2.23. The summed E-state index contributed by atoms with van der Waals surface area (Å²) in [5, 5.41) is 12.2. The van der Waals surface area contributed by atoms with Crippen molar-refractivity contribution in [3.63, 3.8) is 0 Å². The number of hydrogen-bond acceptors (Lipinski definition) is 3. The van der Waals surface area contributed by atoms with E-state index in [2.05, 4.69) is 40.6 Å². The molecule has 5 heteroatoms. The van der Waals surface area contributed by atoms with Crippen LogP contribution >= 0.6 is 0 Å². The van der Waals surface area contributed by atoms with Crippen LogP contribution in [0.4, 0.5) is 0 Å². The molecule has 3 N–H and O–H groups in total. The monoisotopic (exact) mass is 418 g/mol. The summed E-state index contributed by atoms with van der Waals surface area (Å²) in [4.78, 5) is 16.0.